The normalized spacial score (nSPS) is 17.4. The van der Waals surface area contributed by atoms with Gasteiger partial charge in [-0.05, 0) is 30.4 Å². The van der Waals surface area contributed by atoms with Crippen molar-refractivity contribution < 1.29 is 5.11 Å². The minimum Gasteiger partial charge on any atom is -0.387 e. The minimum atomic E-state index is -0.364. The fourth-order valence-corrected chi connectivity index (χ4v) is 1.93. The molecule has 2 N–H and O–H groups in total. The average Bonchev–Trinajstić information content (AvgIpc) is 3.10. The van der Waals surface area contributed by atoms with Gasteiger partial charge in [0.1, 0.15) is 0 Å². The summed E-state index contributed by atoms with van der Waals surface area (Å²) < 4.78 is 0. The van der Waals surface area contributed by atoms with Gasteiger partial charge in [0, 0.05) is 12.6 Å². The summed E-state index contributed by atoms with van der Waals surface area (Å²) in [5.41, 5.74) is 2.37. The predicted molar refractivity (Wildman–Crippen MR) is 66.4 cm³/mol. The lowest BCUT2D eigenvalue weighted by Gasteiger charge is -2.13. The Balaban J connectivity index is 1.92. The first kappa shape index (κ1) is 11.6. The van der Waals surface area contributed by atoms with Crippen LogP contribution in [0.1, 0.15) is 43.4 Å². The molecule has 1 unspecified atom stereocenters. The molecule has 0 heterocycles. The van der Waals surface area contributed by atoms with Crippen molar-refractivity contribution in [1.82, 2.24) is 5.32 Å². The molecule has 0 spiro atoms. The number of aryl methyl sites for hydroxylation is 1. The number of aliphatic hydroxyl groups excluding tert-OH is 1. The van der Waals surface area contributed by atoms with Gasteiger partial charge in [-0.2, -0.15) is 0 Å². The Morgan fingerprint density at radius 1 is 1.44 bits per heavy atom. The van der Waals surface area contributed by atoms with Crippen LogP contribution in [0.15, 0.2) is 24.3 Å². The molecule has 88 valence electrons. The van der Waals surface area contributed by atoms with Gasteiger partial charge in [-0.15, -0.1) is 0 Å². The third-order valence-electron chi connectivity index (χ3n) is 3.05. The Morgan fingerprint density at radius 2 is 2.25 bits per heavy atom. The van der Waals surface area contributed by atoms with E-state index in [0.29, 0.717) is 12.6 Å². The molecule has 1 fully saturated rings. The lowest BCUT2D eigenvalue weighted by molar-refractivity contribution is 0.174. The minimum absolute atomic E-state index is 0.364. The predicted octanol–water partition coefficient (Wildman–Crippen LogP) is 2.42. The van der Waals surface area contributed by atoms with Crippen LogP contribution in [0.5, 0.6) is 0 Å². The molecule has 0 amide bonds. The molecule has 0 aliphatic heterocycles. The van der Waals surface area contributed by atoms with Gasteiger partial charge in [-0.1, -0.05) is 37.6 Å². The Hall–Kier alpha value is -0.860. The first-order valence-electron chi connectivity index (χ1n) is 6.30. The van der Waals surface area contributed by atoms with Gasteiger partial charge < -0.3 is 10.4 Å². The second-order valence-corrected chi connectivity index (χ2v) is 4.69. The monoisotopic (exact) mass is 219 g/mol. The Kier molecular flexibility index (Phi) is 3.97. The lowest BCUT2D eigenvalue weighted by atomic mass is 10.0. The number of hydrogen-bond donors (Lipinski definition) is 2. The Morgan fingerprint density at radius 3 is 2.94 bits per heavy atom. The molecule has 1 atom stereocenters. The average molecular weight is 219 g/mol. The van der Waals surface area contributed by atoms with Crippen LogP contribution in [0.4, 0.5) is 0 Å². The third kappa shape index (κ3) is 3.32. The summed E-state index contributed by atoms with van der Waals surface area (Å²) in [6.07, 6.45) is 4.42. The number of benzene rings is 1. The number of hydrogen-bond acceptors (Lipinski definition) is 2. The largest absolute Gasteiger partial charge is 0.387 e. The molecule has 0 bridgehead atoms. The van der Waals surface area contributed by atoms with Crippen molar-refractivity contribution in [2.45, 2.75) is 44.8 Å². The van der Waals surface area contributed by atoms with E-state index < -0.39 is 0 Å². The first-order chi connectivity index (χ1) is 7.79. The maximum atomic E-state index is 10.0. The zero-order chi connectivity index (χ0) is 11.4. The van der Waals surface area contributed by atoms with Crippen LogP contribution in [0.3, 0.4) is 0 Å². The third-order valence-corrected chi connectivity index (χ3v) is 3.05. The van der Waals surface area contributed by atoms with Crippen molar-refractivity contribution in [2.24, 2.45) is 0 Å². The zero-order valence-electron chi connectivity index (χ0n) is 9.95. The maximum absolute atomic E-state index is 10.0. The molecule has 1 aromatic rings. The van der Waals surface area contributed by atoms with Gasteiger partial charge >= 0.3 is 0 Å². The summed E-state index contributed by atoms with van der Waals surface area (Å²) in [4.78, 5) is 0. The van der Waals surface area contributed by atoms with E-state index in [4.69, 9.17) is 0 Å². The quantitative estimate of drug-likeness (QED) is 0.770. The van der Waals surface area contributed by atoms with Crippen LogP contribution in [-0.4, -0.2) is 17.7 Å². The van der Waals surface area contributed by atoms with E-state index in [0.717, 1.165) is 18.4 Å². The van der Waals surface area contributed by atoms with E-state index in [1.807, 2.05) is 12.1 Å². The topological polar surface area (TPSA) is 32.3 Å². The van der Waals surface area contributed by atoms with Crippen molar-refractivity contribution in [3.8, 4) is 0 Å². The number of rotatable bonds is 6. The van der Waals surface area contributed by atoms with Crippen molar-refractivity contribution in [1.29, 1.82) is 0 Å². The van der Waals surface area contributed by atoms with E-state index in [9.17, 15) is 5.11 Å². The van der Waals surface area contributed by atoms with Gasteiger partial charge in [0.25, 0.3) is 0 Å². The van der Waals surface area contributed by atoms with E-state index in [1.165, 1.54) is 18.4 Å². The molecular weight excluding hydrogens is 198 g/mol. The molecule has 1 aromatic carbocycles. The standard InChI is InChI=1S/C14H21NO/c1-2-4-11-5-3-6-12(9-11)14(16)10-15-13-7-8-13/h3,5-6,9,13-16H,2,4,7-8,10H2,1H3. The highest BCUT2D eigenvalue weighted by Gasteiger charge is 2.21. The van der Waals surface area contributed by atoms with Gasteiger partial charge in [-0.25, -0.2) is 0 Å². The molecule has 1 aliphatic carbocycles. The summed E-state index contributed by atoms with van der Waals surface area (Å²) >= 11 is 0. The van der Waals surface area contributed by atoms with Gasteiger partial charge in [0.05, 0.1) is 6.10 Å². The molecule has 2 heteroatoms. The highest BCUT2D eigenvalue weighted by molar-refractivity contribution is 5.25. The van der Waals surface area contributed by atoms with Crippen LogP contribution in [0.25, 0.3) is 0 Å². The summed E-state index contributed by atoms with van der Waals surface area (Å²) in [6.45, 7) is 2.86. The van der Waals surface area contributed by atoms with Crippen LogP contribution < -0.4 is 5.32 Å². The van der Waals surface area contributed by atoms with Crippen molar-refractivity contribution >= 4 is 0 Å². The second-order valence-electron chi connectivity index (χ2n) is 4.69. The van der Waals surface area contributed by atoms with Crippen LogP contribution >= 0.6 is 0 Å². The van der Waals surface area contributed by atoms with E-state index in [-0.39, 0.29) is 6.10 Å². The van der Waals surface area contributed by atoms with Gasteiger partial charge in [0.2, 0.25) is 0 Å². The van der Waals surface area contributed by atoms with Crippen molar-refractivity contribution in [3.63, 3.8) is 0 Å². The zero-order valence-corrected chi connectivity index (χ0v) is 9.95. The van der Waals surface area contributed by atoms with E-state index in [1.54, 1.807) is 0 Å². The molecular formula is C14H21NO. The summed E-state index contributed by atoms with van der Waals surface area (Å²) in [6, 6.07) is 8.98. The molecule has 2 rings (SSSR count). The second kappa shape index (κ2) is 5.46. The van der Waals surface area contributed by atoms with Crippen molar-refractivity contribution in [3.05, 3.63) is 35.4 Å². The smallest absolute Gasteiger partial charge is 0.0914 e. The number of nitrogens with one attached hydrogen (secondary N) is 1. The SMILES string of the molecule is CCCc1cccc(C(O)CNC2CC2)c1. The fourth-order valence-electron chi connectivity index (χ4n) is 1.93. The molecule has 0 radical (unpaired) electrons. The highest BCUT2D eigenvalue weighted by Crippen LogP contribution is 2.20. The van der Waals surface area contributed by atoms with Crippen LogP contribution in [0, 0.1) is 0 Å². The summed E-state index contributed by atoms with van der Waals surface area (Å²) in [5.74, 6) is 0. The summed E-state index contributed by atoms with van der Waals surface area (Å²) in [5, 5.41) is 13.4. The summed E-state index contributed by atoms with van der Waals surface area (Å²) in [7, 11) is 0. The molecule has 2 nitrogen and oxygen atoms in total. The van der Waals surface area contributed by atoms with E-state index >= 15 is 0 Å². The molecule has 1 aliphatic rings. The number of aliphatic hydroxyl groups is 1. The van der Waals surface area contributed by atoms with Gasteiger partial charge in [-0.3, -0.25) is 0 Å². The first-order valence-corrected chi connectivity index (χ1v) is 6.30. The maximum Gasteiger partial charge on any atom is 0.0914 e. The highest BCUT2D eigenvalue weighted by atomic mass is 16.3. The van der Waals surface area contributed by atoms with E-state index in [2.05, 4.69) is 24.4 Å². The molecule has 1 saturated carbocycles. The van der Waals surface area contributed by atoms with Crippen molar-refractivity contribution in [2.75, 3.05) is 6.54 Å². The molecule has 0 saturated heterocycles. The Labute approximate surface area is 97.7 Å². The molecule has 0 aromatic heterocycles. The fraction of sp³-hybridized carbons (Fsp3) is 0.571. The Bertz CT molecular complexity index is 333. The lowest BCUT2D eigenvalue weighted by Crippen LogP contribution is -2.23. The van der Waals surface area contributed by atoms with Gasteiger partial charge in [0.15, 0.2) is 0 Å². The molecule has 16 heavy (non-hydrogen) atoms. The van der Waals surface area contributed by atoms with Crippen LogP contribution in [-0.2, 0) is 6.42 Å². The van der Waals surface area contributed by atoms with Crippen LogP contribution in [0.2, 0.25) is 0 Å².